The van der Waals surface area contributed by atoms with Gasteiger partial charge >= 0.3 is 0 Å². The Labute approximate surface area is 149 Å². The normalized spacial score (nSPS) is 25.6. The topological polar surface area (TPSA) is 43.8 Å². The number of rotatable bonds is 5. The molecule has 138 valence electrons. The lowest BCUT2D eigenvalue weighted by molar-refractivity contribution is -0.160. The number of nitrogens with zero attached hydrogens (tertiary/aromatic N) is 2. The first kappa shape index (κ1) is 18.3. The van der Waals surface area contributed by atoms with Crippen molar-refractivity contribution in [3.8, 4) is 0 Å². The van der Waals surface area contributed by atoms with E-state index >= 15 is 0 Å². The Bertz CT molecular complexity index is 603. The lowest BCUT2D eigenvalue weighted by Gasteiger charge is -2.42. The van der Waals surface area contributed by atoms with Crippen LogP contribution in [-0.2, 0) is 11.3 Å². The van der Waals surface area contributed by atoms with E-state index in [0.717, 1.165) is 19.3 Å². The predicted molar refractivity (Wildman–Crippen MR) is 95.5 cm³/mol. The number of amides is 1. The van der Waals surface area contributed by atoms with Gasteiger partial charge in [-0.15, -0.1) is 0 Å². The van der Waals surface area contributed by atoms with Gasteiger partial charge in [-0.1, -0.05) is 37.5 Å². The smallest absolute Gasteiger partial charge is 0.256 e. The fourth-order valence-electron chi connectivity index (χ4n) is 4.26. The molecule has 1 atom stereocenters. The SMILES string of the molecule is CN(C[C@]1(O)CCCN(Cc2ccccc2F)C1=O)C1CCCCC1. The molecule has 1 aliphatic heterocycles. The van der Waals surface area contributed by atoms with Crippen molar-refractivity contribution in [1.29, 1.82) is 0 Å². The zero-order valence-electron chi connectivity index (χ0n) is 15.1. The van der Waals surface area contributed by atoms with Crippen molar-refractivity contribution < 1.29 is 14.3 Å². The Morgan fingerprint density at radius 3 is 2.68 bits per heavy atom. The fourth-order valence-corrected chi connectivity index (χ4v) is 4.26. The Hall–Kier alpha value is -1.46. The second-order valence-corrected chi connectivity index (χ2v) is 7.66. The first-order chi connectivity index (χ1) is 12.0. The zero-order chi connectivity index (χ0) is 17.9. The number of likely N-dealkylation sites (tertiary alicyclic amines) is 1. The third-order valence-corrected chi connectivity index (χ3v) is 5.73. The molecule has 1 saturated heterocycles. The highest BCUT2D eigenvalue weighted by Gasteiger charge is 2.43. The molecule has 1 aliphatic carbocycles. The Balaban J connectivity index is 1.66. The quantitative estimate of drug-likeness (QED) is 0.890. The van der Waals surface area contributed by atoms with Crippen molar-refractivity contribution in [3.63, 3.8) is 0 Å². The van der Waals surface area contributed by atoms with E-state index in [9.17, 15) is 14.3 Å². The van der Waals surface area contributed by atoms with Crippen LogP contribution >= 0.6 is 0 Å². The number of benzene rings is 1. The molecule has 2 aliphatic rings. The van der Waals surface area contributed by atoms with Crippen LogP contribution in [0.4, 0.5) is 4.39 Å². The highest BCUT2D eigenvalue weighted by atomic mass is 19.1. The number of aliphatic hydroxyl groups is 1. The van der Waals surface area contributed by atoms with Gasteiger partial charge in [0.2, 0.25) is 0 Å². The van der Waals surface area contributed by atoms with Gasteiger partial charge in [-0.3, -0.25) is 4.79 Å². The van der Waals surface area contributed by atoms with E-state index in [1.54, 1.807) is 23.1 Å². The Morgan fingerprint density at radius 1 is 1.24 bits per heavy atom. The first-order valence-electron chi connectivity index (χ1n) is 9.45. The summed E-state index contributed by atoms with van der Waals surface area (Å²) >= 11 is 0. The summed E-state index contributed by atoms with van der Waals surface area (Å²) < 4.78 is 13.9. The zero-order valence-corrected chi connectivity index (χ0v) is 15.1. The van der Waals surface area contributed by atoms with E-state index < -0.39 is 5.60 Å². The average Bonchev–Trinajstić information content (AvgIpc) is 2.62. The minimum atomic E-state index is -1.35. The second-order valence-electron chi connectivity index (χ2n) is 7.66. The van der Waals surface area contributed by atoms with Crippen LogP contribution in [0.1, 0.15) is 50.5 Å². The van der Waals surface area contributed by atoms with Crippen LogP contribution in [0, 0.1) is 5.82 Å². The minimum Gasteiger partial charge on any atom is -0.379 e. The van der Waals surface area contributed by atoms with E-state index in [0.29, 0.717) is 31.1 Å². The van der Waals surface area contributed by atoms with Gasteiger partial charge in [0.15, 0.2) is 5.60 Å². The van der Waals surface area contributed by atoms with Crippen molar-refractivity contribution in [2.75, 3.05) is 20.1 Å². The number of hydrogen-bond acceptors (Lipinski definition) is 3. The summed E-state index contributed by atoms with van der Waals surface area (Å²) in [7, 11) is 2.01. The van der Waals surface area contributed by atoms with Gasteiger partial charge in [-0.05, 0) is 38.8 Å². The summed E-state index contributed by atoms with van der Waals surface area (Å²) in [5.74, 6) is -0.562. The van der Waals surface area contributed by atoms with E-state index in [1.807, 2.05) is 7.05 Å². The highest BCUT2D eigenvalue weighted by Crippen LogP contribution is 2.28. The van der Waals surface area contributed by atoms with Crippen LogP contribution in [0.15, 0.2) is 24.3 Å². The van der Waals surface area contributed by atoms with E-state index in [4.69, 9.17) is 0 Å². The molecule has 2 fully saturated rings. The molecule has 0 spiro atoms. The van der Waals surface area contributed by atoms with Crippen molar-refractivity contribution in [3.05, 3.63) is 35.6 Å². The Kier molecular flexibility index (Phi) is 5.74. The molecule has 5 heteroatoms. The molecule has 4 nitrogen and oxygen atoms in total. The first-order valence-corrected chi connectivity index (χ1v) is 9.45. The van der Waals surface area contributed by atoms with Crippen LogP contribution in [0.25, 0.3) is 0 Å². The lowest BCUT2D eigenvalue weighted by Crippen LogP contribution is -2.59. The second kappa shape index (κ2) is 7.83. The average molecular weight is 348 g/mol. The molecule has 0 aromatic heterocycles. The van der Waals surface area contributed by atoms with Crippen LogP contribution in [0.5, 0.6) is 0 Å². The molecule has 1 aromatic rings. The van der Waals surface area contributed by atoms with Crippen molar-refractivity contribution >= 4 is 5.91 Å². The molecule has 1 saturated carbocycles. The Morgan fingerprint density at radius 2 is 1.96 bits per heavy atom. The van der Waals surface area contributed by atoms with Crippen LogP contribution in [0.3, 0.4) is 0 Å². The summed E-state index contributed by atoms with van der Waals surface area (Å²) in [6.07, 6.45) is 7.23. The number of hydrogen-bond donors (Lipinski definition) is 1. The number of carbonyl (C=O) groups is 1. The molecule has 0 bridgehead atoms. The van der Waals surface area contributed by atoms with Crippen LogP contribution < -0.4 is 0 Å². The standard InChI is InChI=1S/C20H29FN2O2/c1-22(17-9-3-2-4-10-17)15-20(25)12-7-13-23(19(20)24)14-16-8-5-6-11-18(16)21/h5-6,8,11,17,25H,2-4,7,9-10,12-15H2,1H3/t20-/m1/s1. The maximum Gasteiger partial charge on any atom is 0.256 e. The van der Waals surface area contributed by atoms with Gasteiger partial charge < -0.3 is 14.9 Å². The predicted octanol–water partition coefficient (Wildman–Crippen LogP) is 2.94. The maximum absolute atomic E-state index is 13.9. The molecule has 3 rings (SSSR count). The van der Waals surface area contributed by atoms with Crippen LogP contribution in [-0.4, -0.2) is 52.6 Å². The molecule has 25 heavy (non-hydrogen) atoms. The number of likely N-dealkylation sites (N-methyl/N-ethyl adjacent to an activating group) is 1. The highest BCUT2D eigenvalue weighted by molar-refractivity contribution is 5.86. The van der Waals surface area contributed by atoms with Crippen molar-refractivity contribution in [1.82, 2.24) is 9.80 Å². The monoisotopic (exact) mass is 348 g/mol. The van der Waals surface area contributed by atoms with Gasteiger partial charge in [0, 0.05) is 31.2 Å². The van der Waals surface area contributed by atoms with Crippen LogP contribution in [0.2, 0.25) is 0 Å². The lowest BCUT2D eigenvalue weighted by atomic mass is 9.88. The van der Waals surface area contributed by atoms with Crippen molar-refractivity contribution in [2.24, 2.45) is 0 Å². The summed E-state index contributed by atoms with van der Waals surface area (Å²) in [6, 6.07) is 6.98. The fraction of sp³-hybridized carbons (Fsp3) is 0.650. The molecule has 0 unspecified atom stereocenters. The molecular formula is C20H29FN2O2. The molecule has 1 heterocycles. The largest absolute Gasteiger partial charge is 0.379 e. The summed E-state index contributed by atoms with van der Waals surface area (Å²) in [4.78, 5) is 16.7. The van der Waals surface area contributed by atoms with E-state index in [1.165, 1.54) is 25.3 Å². The summed E-state index contributed by atoms with van der Waals surface area (Å²) in [5, 5.41) is 11.0. The molecular weight excluding hydrogens is 319 g/mol. The van der Waals surface area contributed by atoms with Gasteiger partial charge in [-0.2, -0.15) is 0 Å². The third kappa shape index (κ3) is 4.21. The van der Waals surface area contributed by atoms with Gasteiger partial charge in [0.05, 0.1) is 0 Å². The maximum atomic E-state index is 13.9. The molecule has 1 N–H and O–H groups in total. The molecule has 1 aromatic carbocycles. The van der Waals surface area contributed by atoms with Gasteiger partial charge in [0.25, 0.3) is 5.91 Å². The van der Waals surface area contributed by atoms with E-state index in [-0.39, 0.29) is 18.3 Å². The summed E-state index contributed by atoms with van der Waals surface area (Å²) in [6.45, 7) is 1.16. The third-order valence-electron chi connectivity index (χ3n) is 5.73. The van der Waals surface area contributed by atoms with Gasteiger partial charge in [0.1, 0.15) is 5.82 Å². The summed E-state index contributed by atoms with van der Waals surface area (Å²) in [5.41, 5.74) is -0.851. The molecule has 0 radical (unpaired) electrons. The molecule has 1 amide bonds. The number of carbonyl (C=O) groups excluding carboxylic acids is 1. The number of piperidine rings is 1. The minimum absolute atomic E-state index is 0.223. The van der Waals surface area contributed by atoms with Crippen molar-refractivity contribution in [2.45, 2.75) is 63.1 Å². The number of halogens is 1. The van der Waals surface area contributed by atoms with E-state index in [2.05, 4.69) is 4.90 Å². The van der Waals surface area contributed by atoms with Gasteiger partial charge in [-0.25, -0.2) is 4.39 Å².